The predicted molar refractivity (Wildman–Crippen MR) is 90.6 cm³/mol. The summed E-state index contributed by atoms with van der Waals surface area (Å²) in [4.78, 5) is 0. The zero-order valence-corrected chi connectivity index (χ0v) is 13.8. The van der Waals surface area contributed by atoms with Gasteiger partial charge in [-0.25, -0.2) is 4.39 Å². The second-order valence-electron chi connectivity index (χ2n) is 5.17. The Morgan fingerprint density at radius 2 is 1.70 bits per heavy atom. The molecule has 23 heavy (non-hydrogen) atoms. The number of hydrogen-bond donors (Lipinski definition) is 1. The molecule has 0 saturated carbocycles. The van der Waals surface area contributed by atoms with Crippen LogP contribution in [0.3, 0.4) is 0 Å². The highest BCUT2D eigenvalue weighted by Gasteiger charge is 2.06. The second kappa shape index (κ2) is 9.16. The summed E-state index contributed by atoms with van der Waals surface area (Å²) < 4.78 is 24.7. The first-order chi connectivity index (χ1) is 11.2. The summed E-state index contributed by atoms with van der Waals surface area (Å²) in [5.41, 5.74) is 1.85. The molecule has 0 bridgehead atoms. The Kier molecular flexibility index (Phi) is 6.88. The molecule has 0 unspecified atom stereocenters. The van der Waals surface area contributed by atoms with E-state index in [2.05, 4.69) is 5.32 Å². The molecule has 0 aliphatic rings. The van der Waals surface area contributed by atoms with Crippen LogP contribution >= 0.6 is 0 Å². The van der Waals surface area contributed by atoms with Crippen molar-refractivity contribution in [3.63, 3.8) is 0 Å². The van der Waals surface area contributed by atoms with Gasteiger partial charge >= 0.3 is 0 Å². The molecule has 0 aliphatic heterocycles. The monoisotopic (exact) mass is 317 g/mol. The molecule has 2 aromatic rings. The number of rotatable bonds is 9. The molecule has 0 heterocycles. The van der Waals surface area contributed by atoms with Crippen molar-refractivity contribution in [3.05, 3.63) is 59.4 Å². The van der Waals surface area contributed by atoms with Crippen LogP contribution in [0.15, 0.2) is 42.5 Å². The molecule has 124 valence electrons. The summed E-state index contributed by atoms with van der Waals surface area (Å²) in [7, 11) is 0. The van der Waals surface area contributed by atoms with Crippen molar-refractivity contribution < 1.29 is 13.9 Å². The Morgan fingerprint density at radius 3 is 2.43 bits per heavy atom. The quantitative estimate of drug-likeness (QED) is 0.710. The van der Waals surface area contributed by atoms with Crippen LogP contribution < -0.4 is 14.8 Å². The van der Waals surface area contributed by atoms with E-state index in [9.17, 15) is 4.39 Å². The van der Waals surface area contributed by atoms with Gasteiger partial charge in [-0.2, -0.15) is 0 Å². The molecular weight excluding hydrogens is 293 g/mol. The van der Waals surface area contributed by atoms with E-state index in [-0.39, 0.29) is 5.82 Å². The lowest BCUT2D eigenvalue weighted by Crippen LogP contribution is -2.17. The minimum Gasteiger partial charge on any atom is -0.490 e. The van der Waals surface area contributed by atoms with Crippen molar-refractivity contribution in [3.8, 4) is 11.5 Å². The third-order valence-corrected chi connectivity index (χ3v) is 3.47. The maximum Gasteiger partial charge on any atom is 0.161 e. The normalized spacial score (nSPS) is 10.6. The van der Waals surface area contributed by atoms with E-state index in [1.807, 2.05) is 44.2 Å². The van der Waals surface area contributed by atoms with Crippen molar-refractivity contribution in [1.29, 1.82) is 0 Å². The average Bonchev–Trinajstić information content (AvgIpc) is 2.56. The SMILES string of the molecule is CCOc1ccc(CNCCc2ccccc2F)cc1OCC. The minimum atomic E-state index is -0.144. The fourth-order valence-corrected chi connectivity index (χ4v) is 2.36. The number of ether oxygens (including phenoxy) is 2. The van der Waals surface area contributed by atoms with Gasteiger partial charge in [0.2, 0.25) is 0 Å². The first-order valence-corrected chi connectivity index (χ1v) is 8.07. The first kappa shape index (κ1) is 17.3. The largest absolute Gasteiger partial charge is 0.490 e. The molecule has 4 heteroatoms. The Labute approximate surface area is 137 Å². The molecule has 0 spiro atoms. The van der Waals surface area contributed by atoms with E-state index in [0.29, 0.717) is 26.2 Å². The van der Waals surface area contributed by atoms with Crippen LogP contribution in [0.25, 0.3) is 0 Å². The van der Waals surface area contributed by atoms with Gasteiger partial charge in [-0.1, -0.05) is 24.3 Å². The summed E-state index contributed by atoms with van der Waals surface area (Å²) in [5.74, 6) is 1.39. The van der Waals surface area contributed by atoms with Crippen LogP contribution in [0.4, 0.5) is 4.39 Å². The average molecular weight is 317 g/mol. The molecule has 1 N–H and O–H groups in total. The van der Waals surface area contributed by atoms with Crippen molar-refractivity contribution >= 4 is 0 Å². The Balaban J connectivity index is 1.88. The van der Waals surface area contributed by atoms with Gasteiger partial charge in [0.25, 0.3) is 0 Å². The standard InChI is InChI=1S/C19H24FNO2/c1-3-22-18-10-9-15(13-19(18)23-4-2)14-21-12-11-16-7-5-6-8-17(16)20/h5-10,13,21H,3-4,11-12,14H2,1-2H3. The highest BCUT2D eigenvalue weighted by atomic mass is 19.1. The fraction of sp³-hybridized carbons (Fsp3) is 0.368. The van der Waals surface area contributed by atoms with E-state index in [4.69, 9.17) is 9.47 Å². The van der Waals surface area contributed by atoms with Gasteiger partial charge < -0.3 is 14.8 Å². The van der Waals surface area contributed by atoms with Gasteiger partial charge in [-0.05, 0) is 56.1 Å². The van der Waals surface area contributed by atoms with Crippen molar-refractivity contribution in [2.45, 2.75) is 26.8 Å². The predicted octanol–water partition coefficient (Wildman–Crippen LogP) is 3.96. The zero-order valence-electron chi connectivity index (χ0n) is 13.8. The molecule has 0 aliphatic carbocycles. The lowest BCUT2D eigenvalue weighted by molar-refractivity contribution is 0.287. The van der Waals surface area contributed by atoms with Crippen LogP contribution in [0.2, 0.25) is 0 Å². The molecule has 0 radical (unpaired) electrons. The summed E-state index contributed by atoms with van der Waals surface area (Å²) in [6.45, 7) is 6.55. The first-order valence-electron chi connectivity index (χ1n) is 8.07. The van der Waals surface area contributed by atoms with E-state index in [0.717, 1.165) is 29.2 Å². The minimum absolute atomic E-state index is 0.144. The number of halogens is 1. The molecule has 0 aromatic heterocycles. The summed E-state index contributed by atoms with van der Waals surface area (Å²) >= 11 is 0. The van der Waals surface area contributed by atoms with Gasteiger partial charge in [-0.15, -0.1) is 0 Å². The van der Waals surface area contributed by atoms with Crippen LogP contribution in [0.5, 0.6) is 11.5 Å². The molecular formula is C19H24FNO2. The van der Waals surface area contributed by atoms with E-state index < -0.39 is 0 Å². The maximum atomic E-state index is 13.5. The van der Waals surface area contributed by atoms with Gasteiger partial charge in [0.1, 0.15) is 5.82 Å². The molecule has 2 rings (SSSR count). The van der Waals surface area contributed by atoms with Crippen LogP contribution in [0, 0.1) is 5.82 Å². The Hall–Kier alpha value is -2.07. The number of hydrogen-bond acceptors (Lipinski definition) is 3. The third-order valence-electron chi connectivity index (χ3n) is 3.47. The molecule has 0 atom stereocenters. The Bertz CT molecular complexity index is 616. The highest BCUT2D eigenvalue weighted by molar-refractivity contribution is 5.43. The van der Waals surface area contributed by atoms with Crippen molar-refractivity contribution in [2.24, 2.45) is 0 Å². The Morgan fingerprint density at radius 1 is 0.957 bits per heavy atom. The van der Waals surface area contributed by atoms with E-state index in [1.165, 1.54) is 6.07 Å². The second-order valence-corrected chi connectivity index (χ2v) is 5.17. The van der Waals surface area contributed by atoms with E-state index in [1.54, 1.807) is 6.07 Å². The van der Waals surface area contributed by atoms with Crippen molar-refractivity contribution in [1.82, 2.24) is 5.32 Å². The van der Waals surface area contributed by atoms with Gasteiger partial charge in [-0.3, -0.25) is 0 Å². The van der Waals surface area contributed by atoms with Crippen LogP contribution in [0.1, 0.15) is 25.0 Å². The third kappa shape index (κ3) is 5.25. The fourth-order valence-electron chi connectivity index (χ4n) is 2.36. The summed E-state index contributed by atoms with van der Waals surface area (Å²) in [6.07, 6.45) is 0.669. The molecule has 3 nitrogen and oxygen atoms in total. The van der Waals surface area contributed by atoms with Crippen molar-refractivity contribution in [2.75, 3.05) is 19.8 Å². The van der Waals surface area contributed by atoms with Gasteiger partial charge in [0.15, 0.2) is 11.5 Å². The molecule has 2 aromatic carbocycles. The van der Waals surface area contributed by atoms with Crippen LogP contribution in [-0.4, -0.2) is 19.8 Å². The lowest BCUT2D eigenvalue weighted by atomic mass is 10.1. The molecule has 0 amide bonds. The van der Waals surface area contributed by atoms with Gasteiger partial charge in [0.05, 0.1) is 13.2 Å². The smallest absolute Gasteiger partial charge is 0.161 e. The topological polar surface area (TPSA) is 30.5 Å². The maximum absolute atomic E-state index is 13.5. The van der Waals surface area contributed by atoms with Crippen LogP contribution in [-0.2, 0) is 13.0 Å². The van der Waals surface area contributed by atoms with Gasteiger partial charge in [0, 0.05) is 6.54 Å². The number of nitrogens with one attached hydrogen (secondary N) is 1. The molecule has 0 saturated heterocycles. The summed E-state index contributed by atoms with van der Waals surface area (Å²) in [6, 6.07) is 12.8. The summed E-state index contributed by atoms with van der Waals surface area (Å²) in [5, 5.41) is 3.34. The molecule has 0 fully saturated rings. The lowest BCUT2D eigenvalue weighted by Gasteiger charge is -2.13. The highest BCUT2D eigenvalue weighted by Crippen LogP contribution is 2.28. The number of benzene rings is 2. The van der Waals surface area contributed by atoms with E-state index >= 15 is 0 Å². The zero-order chi connectivity index (χ0) is 16.5.